The molecule has 0 saturated carbocycles. The van der Waals surface area contributed by atoms with Gasteiger partial charge in [-0.15, -0.1) is 0 Å². The van der Waals surface area contributed by atoms with Gasteiger partial charge in [0, 0.05) is 17.3 Å². The van der Waals surface area contributed by atoms with E-state index in [4.69, 9.17) is 14.2 Å². The first-order valence-corrected chi connectivity index (χ1v) is 16.8. The third kappa shape index (κ3) is 8.44. The van der Waals surface area contributed by atoms with Gasteiger partial charge < -0.3 is 14.2 Å². The highest BCUT2D eigenvalue weighted by Gasteiger charge is 2.23. The van der Waals surface area contributed by atoms with Crippen LogP contribution >= 0.6 is 15.9 Å². The number of ether oxygens (including phenoxy) is 3. The number of methoxy groups -OCH3 is 1. The second-order valence-corrected chi connectivity index (χ2v) is 13.0. The van der Waals surface area contributed by atoms with Crippen LogP contribution in [0.2, 0.25) is 0 Å². The van der Waals surface area contributed by atoms with E-state index >= 15 is 0 Å². The number of amides is 1. The molecule has 0 fully saturated rings. The Morgan fingerprint density at radius 1 is 0.826 bits per heavy atom. The van der Waals surface area contributed by atoms with E-state index in [-0.39, 0.29) is 30.1 Å². The second-order valence-electron chi connectivity index (χ2n) is 10.5. The van der Waals surface area contributed by atoms with Crippen LogP contribution in [0.5, 0.6) is 17.2 Å². The standard InChI is InChI=1S/C36H31BrN2O6S/c1-43-33-15-14-31(37)22-35(33)46(41,42)39-36(40)16-13-29-12-10-27(24-45-32-8-4-5-26(20-32)23-38)21-34(29)44-18-17-25-9-11-28-6-2-3-7-30(28)19-25/h2-12,14-15,19-22H,13,16-18,24H2,1H3,(H,39,40). The number of hydrogen-bond donors (Lipinski definition) is 1. The predicted molar refractivity (Wildman–Crippen MR) is 179 cm³/mol. The molecule has 8 nitrogen and oxygen atoms in total. The van der Waals surface area contributed by atoms with Gasteiger partial charge in [0.25, 0.3) is 10.0 Å². The number of hydrogen-bond acceptors (Lipinski definition) is 7. The third-order valence-electron chi connectivity index (χ3n) is 7.25. The van der Waals surface area contributed by atoms with Gasteiger partial charge in [0.15, 0.2) is 0 Å². The number of nitrogens with zero attached hydrogens (tertiary/aromatic N) is 1. The lowest BCUT2D eigenvalue weighted by Gasteiger charge is -2.15. The average molecular weight is 700 g/mol. The Bertz CT molecular complexity index is 2020. The number of rotatable bonds is 13. The van der Waals surface area contributed by atoms with E-state index < -0.39 is 15.9 Å². The number of sulfonamides is 1. The summed E-state index contributed by atoms with van der Waals surface area (Å²) < 4.78 is 46.0. The zero-order chi connectivity index (χ0) is 32.5. The Morgan fingerprint density at radius 3 is 2.43 bits per heavy atom. The van der Waals surface area contributed by atoms with Crippen molar-refractivity contribution in [3.8, 4) is 23.3 Å². The lowest BCUT2D eigenvalue weighted by atomic mass is 10.0. The molecule has 0 unspecified atom stereocenters. The van der Waals surface area contributed by atoms with Crippen molar-refractivity contribution in [1.82, 2.24) is 4.72 Å². The molecular weight excluding hydrogens is 668 g/mol. The topological polar surface area (TPSA) is 115 Å². The van der Waals surface area contributed by atoms with Gasteiger partial charge in [-0.1, -0.05) is 76.6 Å². The van der Waals surface area contributed by atoms with E-state index in [1.54, 1.807) is 30.3 Å². The maximum absolute atomic E-state index is 13.0. The minimum absolute atomic E-state index is 0.0899. The van der Waals surface area contributed by atoms with Crippen LogP contribution in [-0.2, 0) is 34.3 Å². The van der Waals surface area contributed by atoms with E-state index in [9.17, 15) is 18.5 Å². The highest BCUT2D eigenvalue weighted by molar-refractivity contribution is 9.10. The zero-order valence-corrected chi connectivity index (χ0v) is 27.4. The number of nitrogens with one attached hydrogen (secondary N) is 1. The summed E-state index contributed by atoms with van der Waals surface area (Å²) >= 11 is 3.27. The minimum atomic E-state index is -4.17. The Hall–Kier alpha value is -4.85. The Labute approximate surface area is 276 Å². The van der Waals surface area contributed by atoms with Gasteiger partial charge in [0.05, 0.1) is 25.3 Å². The monoisotopic (exact) mass is 698 g/mol. The van der Waals surface area contributed by atoms with Crippen LogP contribution in [0.4, 0.5) is 0 Å². The summed E-state index contributed by atoms with van der Waals surface area (Å²) in [5, 5.41) is 11.5. The fourth-order valence-electron chi connectivity index (χ4n) is 4.89. The van der Waals surface area contributed by atoms with Crippen LogP contribution in [0.1, 0.15) is 28.7 Å². The molecular formula is C36H31BrN2O6S. The van der Waals surface area contributed by atoms with Crippen LogP contribution in [0.15, 0.2) is 112 Å². The molecule has 0 aliphatic heterocycles. The van der Waals surface area contributed by atoms with Crippen molar-refractivity contribution in [2.45, 2.75) is 30.8 Å². The maximum atomic E-state index is 13.0. The summed E-state index contributed by atoms with van der Waals surface area (Å²) in [6.07, 6.45) is 0.820. The predicted octanol–water partition coefficient (Wildman–Crippen LogP) is 7.12. The van der Waals surface area contributed by atoms with Crippen molar-refractivity contribution < 1.29 is 27.4 Å². The number of nitriles is 1. The van der Waals surface area contributed by atoms with Crippen molar-refractivity contribution in [3.05, 3.63) is 130 Å². The SMILES string of the molecule is COc1ccc(Br)cc1S(=O)(=O)NC(=O)CCc1ccc(COc2cccc(C#N)c2)cc1OCCc1ccc2ccccc2c1. The second kappa shape index (κ2) is 15.0. The van der Waals surface area contributed by atoms with E-state index in [2.05, 4.69) is 57.1 Å². The van der Waals surface area contributed by atoms with Gasteiger partial charge in [-0.2, -0.15) is 5.26 Å². The molecule has 0 aliphatic carbocycles. The quantitative estimate of drug-likeness (QED) is 0.139. The molecule has 0 spiro atoms. The van der Waals surface area contributed by atoms with E-state index in [0.29, 0.717) is 34.6 Å². The third-order valence-corrected chi connectivity index (χ3v) is 9.13. The van der Waals surface area contributed by atoms with Gasteiger partial charge >= 0.3 is 0 Å². The molecule has 0 saturated heterocycles. The number of halogens is 1. The summed E-state index contributed by atoms with van der Waals surface area (Å²) in [6, 6.07) is 33.7. The Balaban J connectivity index is 1.29. The highest BCUT2D eigenvalue weighted by Crippen LogP contribution is 2.28. The van der Waals surface area contributed by atoms with Crippen LogP contribution < -0.4 is 18.9 Å². The van der Waals surface area contributed by atoms with Crippen LogP contribution in [0, 0.1) is 11.3 Å². The number of fused-ring (bicyclic) bond motifs is 1. The fourth-order valence-corrected chi connectivity index (χ4v) is 6.61. The fraction of sp³-hybridized carbons (Fsp3) is 0.167. The first-order valence-electron chi connectivity index (χ1n) is 14.5. The molecule has 5 aromatic carbocycles. The number of benzene rings is 5. The van der Waals surface area contributed by atoms with Gasteiger partial charge in [-0.05, 0) is 76.3 Å². The van der Waals surface area contributed by atoms with E-state index in [1.165, 1.54) is 24.6 Å². The molecule has 1 N–H and O–H groups in total. The molecule has 5 aromatic rings. The van der Waals surface area contributed by atoms with E-state index in [1.807, 2.05) is 30.3 Å². The van der Waals surface area contributed by atoms with Crippen LogP contribution in [-0.4, -0.2) is 28.0 Å². The average Bonchev–Trinajstić information content (AvgIpc) is 3.06. The lowest BCUT2D eigenvalue weighted by molar-refractivity contribution is -0.119. The van der Waals surface area contributed by atoms with Gasteiger partial charge in [-0.3, -0.25) is 4.79 Å². The van der Waals surface area contributed by atoms with Crippen LogP contribution in [0.25, 0.3) is 10.8 Å². The molecule has 0 heterocycles. The molecule has 0 aromatic heterocycles. The lowest BCUT2D eigenvalue weighted by Crippen LogP contribution is -2.31. The summed E-state index contributed by atoms with van der Waals surface area (Å²) in [5.74, 6) is 0.621. The number of aryl methyl sites for hydroxylation is 1. The zero-order valence-electron chi connectivity index (χ0n) is 25.0. The summed E-state index contributed by atoms with van der Waals surface area (Å²) in [5.41, 5.74) is 3.22. The van der Waals surface area contributed by atoms with Crippen molar-refractivity contribution in [1.29, 1.82) is 5.26 Å². The molecule has 5 rings (SSSR count). The van der Waals surface area contributed by atoms with Gasteiger partial charge in [-0.25, -0.2) is 13.1 Å². The molecule has 46 heavy (non-hydrogen) atoms. The summed E-state index contributed by atoms with van der Waals surface area (Å²) in [7, 11) is -2.80. The maximum Gasteiger partial charge on any atom is 0.267 e. The number of carbonyl (C=O) groups excluding carboxylic acids is 1. The molecule has 0 radical (unpaired) electrons. The minimum Gasteiger partial charge on any atom is -0.495 e. The van der Waals surface area contributed by atoms with Gasteiger partial charge in [0.1, 0.15) is 28.8 Å². The van der Waals surface area contributed by atoms with Crippen molar-refractivity contribution >= 4 is 42.6 Å². The largest absolute Gasteiger partial charge is 0.495 e. The van der Waals surface area contributed by atoms with Crippen molar-refractivity contribution in [2.75, 3.05) is 13.7 Å². The van der Waals surface area contributed by atoms with Crippen molar-refractivity contribution in [3.63, 3.8) is 0 Å². The normalized spacial score (nSPS) is 11.1. The number of carbonyl (C=O) groups is 1. The Morgan fingerprint density at radius 2 is 1.63 bits per heavy atom. The highest BCUT2D eigenvalue weighted by atomic mass is 79.9. The molecule has 10 heteroatoms. The molecule has 234 valence electrons. The first kappa shape index (κ1) is 32.5. The Kier molecular flexibility index (Phi) is 10.6. The van der Waals surface area contributed by atoms with Crippen LogP contribution in [0.3, 0.4) is 0 Å². The first-order chi connectivity index (χ1) is 22.2. The summed E-state index contributed by atoms with van der Waals surface area (Å²) in [6.45, 7) is 0.631. The van der Waals surface area contributed by atoms with Crippen molar-refractivity contribution in [2.24, 2.45) is 0 Å². The van der Waals surface area contributed by atoms with Gasteiger partial charge in [0.2, 0.25) is 5.91 Å². The molecule has 1 amide bonds. The molecule has 0 bridgehead atoms. The summed E-state index contributed by atoms with van der Waals surface area (Å²) in [4.78, 5) is 12.7. The van der Waals surface area contributed by atoms with E-state index in [0.717, 1.165) is 22.1 Å². The molecule has 0 atom stereocenters. The smallest absolute Gasteiger partial charge is 0.267 e. The molecule has 0 aliphatic rings.